The highest BCUT2D eigenvalue weighted by atomic mass is 16.5. The fourth-order valence-corrected chi connectivity index (χ4v) is 7.13. The van der Waals surface area contributed by atoms with Gasteiger partial charge in [0, 0.05) is 23.8 Å². The molecule has 5 atom stereocenters. The Kier molecular flexibility index (Phi) is 4.00. The zero-order chi connectivity index (χ0) is 18.5. The first kappa shape index (κ1) is 17.5. The van der Waals surface area contributed by atoms with Crippen LogP contribution in [0.1, 0.15) is 44.2 Å². The van der Waals surface area contributed by atoms with Crippen molar-refractivity contribution in [1.29, 1.82) is 0 Å². The molecule has 2 heteroatoms. The van der Waals surface area contributed by atoms with Gasteiger partial charge in [-0.1, -0.05) is 60.7 Å². The molecule has 142 valence electrons. The molecule has 27 heavy (non-hydrogen) atoms. The third-order valence-corrected chi connectivity index (χ3v) is 8.36. The second-order valence-corrected chi connectivity index (χ2v) is 9.60. The fraction of sp³-hybridized carbons (Fsp3) is 0.520. The summed E-state index contributed by atoms with van der Waals surface area (Å²) in [5, 5.41) is 0. The summed E-state index contributed by atoms with van der Waals surface area (Å²) in [6.45, 7) is 9.39. The molecule has 2 aromatic rings. The summed E-state index contributed by atoms with van der Waals surface area (Å²) in [6.07, 6.45) is 4.12. The average Bonchev–Trinajstić information content (AvgIpc) is 3.23. The monoisotopic (exact) mass is 362 g/mol. The molecule has 1 aliphatic carbocycles. The predicted octanol–water partition coefficient (Wildman–Crippen LogP) is 5.18. The molecule has 2 aromatic carbocycles. The van der Waals surface area contributed by atoms with E-state index in [-0.39, 0.29) is 5.60 Å². The van der Waals surface area contributed by atoms with Crippen molar-refractivity contribution in [2.24, 2.45) is 11.8 Å². The van der Waals surface area contributed by atoms with Crippen LogP contribution in [0.3, 0.4) is 0 Å². The van der Waals surface area contributed by atoms with Gasteiger partial charge in [0.1, 0.15) is 24.2 Å². The highest BCUT2D eigenvalue weighted by Gasteiger charge is 2.74. The fourth-order valence-electron chi connectivity index (χ4n) is 7.13. The van der Waals surface area contributed by atoms with Crippen molar-refractivity contribution in [1.82, 2.24) is 0 Å². The lowest BCUT2D eigenvalue weighted by molar-refractivity contribution is -0.967. The molecule has 0 bridgehead atoms. The predicted molar refractivity (Wildman–Crippen MR) is 109 cm³/mol. The van der Waals surface area contributed by atoms with Gasteiger partial charge in [-0.15, -0.1) is 0 Å². The van der Waals surface area contributed by atoms with Crippen molar-refractivity contribution in [3.63, 3.8) is 0 Å². The van der Waals surface area contributed by atoms with Gasteiger partial charge in [0.15, 0.2) is 0 Å². The van der Waals surface area contributed by atoms with Crippen LogP contribution in [-0.4, -0.2) is 28.7 Å². The van der Waals surface area contributed by atoms with Crippen LogP contribution in [0.15, 0.2) is 60.7 Å². The van der Waals surface area contributed by atoms with Crippen LogP contribution in [0.4, 0.5) is 0 Å². The molecular weight excluding hydrogens is 330 g/mol. The Morgan fingerprint density at radius 1 is 0.889 bits per heavy atom. The van der Waals surface area contributed by atoms with Crippen LogP contribution in [0, 0.1) is 11.8 Å². The van der Waals surface area contributed by atoms with Crippen molar-refractivity contribution in [3.05, 3.63) is 71.8 Å². The summed E-state index contributed by atoms with van der Waals surface area (Å²) >= 11 is 0. The maximum Gasteiger partial charge on any atom is 0.123 e. The Balaban J connectivity index is 1.46. The molecule has 0 amide bonds. The van der Waals surface area contributed by atoms with E-state index in [1.165, 1.54) is 41.4 Å². The lowest BCUT2D eigenvalue weighted by atomic mass is 9.78. The summed E-state index contributed by atoms with van der Waals surface area (Å²) in [6, 6.07) is 21.8. The molecule has 2 aliphatic heterocycles. The average molecular weight is 363 g/mol. The molecular formula is C25H32NO+. The molecule has 3 fully saturated rings. The third kappa shape index (κ3) is 2.53. The minimum atomic E-state index is -0.0193. The van der Waals surface area contributed by atoms with Crippen molar-refractivity contribution < 1.29 is 9.22 Å². The van der Waals surface area contributed by atoms with Gasteiger partial charge >= 0.3 is 0 Å². The Labute approximate surface area is 163 Å². The zero-order valence-corrected chi connectivity index (χ0v) is 16.7. The van der Waals surface area contributed by atoms with Gasteiger partial charge in [0.25, 0.3) is 0 Å². The van der Waals surface area contributed by atoms with Gasteiger partial charge in [-0.25, -0.2) is 0 Å². The highest BCUT2D eigenvalue weighted by Crippen LogP contribution is 2.64. The molecule has 0 unspecified atom stereocenters. The zero-order valence-electron chi connectivity index (χ0n) is 16.7. The number of hydrogen-bond donors (Lipinski definition) is 0. The summed E-state index contributed by atoms with van der Waals surface area (Å²) in [7, 11) is 0. The maximum atomic E-state index is 6.76. The highest BCUT2D eigenvalue weighted by molar-refractivity contribution is 5.18. The number of benzene rings is 2. The van der Waals surface area contributed by atoms with Gasteiger partial charge in [-0.2, -0.15) is 0 Å². The Bertz CT molecular complexity index is 806. The van der Waals surface area contributed by atoms with Gasteiger partial charge in [0.2, 0.25) is 0 Å². The summed E-state index contributed by atoms with van der Waals surface area (Å²) in [5.74, 6) is 1.54. The minimum absolute atomic E-state index is 0.0193. The number of rotatable bonds is 5. The number of quaternary nitrogens is 1. The van der Waals surface area contributed by atoms with Gasteiger partial charge < -0.3 is 9.22 Å². The molecule has 2 saturated heterocycles. The first-order chi connectivity index (χ1) is 13.1. The van der Waals surface area contributed by atoms with Crippen molar-refractivity contribution >= 4 is 0 Å². The second-order valence-electron chi connectivity index (χ2n) is 9.60. The molecule has 0 aromatic heterocycles. The van der Waals surface area contributed by atoms with Crippen molar-refractivity contribution in [2.45, 2.75) is 57.4 Å². The normalized spacial score (nSPS) is 39.6. The standard InChI is InChI=1S/C25H32NO/c1-24(27-18-21-11-7-4-8-12-21)19-26(17-20-9-5-3-6-10-20)16-15-22-13-14-23(24)25(22,26)2/h3-12,22-23H,13-19H2,1-2H3/q+1/t22-,23+,24+,25+,26+/m0/s1. The molecule has 1 saturated carbocycles. The molecule has 0 spiro atoms. The lowest BCUT2D eigenvalue weighted by Crippen LogP contribution is -2.57. The number of nitrogens with zero attached hydrogens (tertiary/aromatic N) is 1. The topological polar surface area (TPSA) is 9.23 Å². The minimum Gasteiger partial charge on any atom is -0.364 e. The number of hydrogen-bond acceptors (Lipinski definition) is 1. The molecule has 2 heterocycles. The van der Waals surface area contributed by atoms with Crippen molar-refractivity contribution in [3.8, 4) is 0 Å². The van der Waals surface area contributed by atoms with E-state index >= 15 is 0 Å². The Morgan fingerprint density at radius 3 is 2.26 bits per heavy atom. The van der Waals surface area contributed by atoms with Crippen LogP contribution in [0.5, 0.6) is 0 Å². The molecule has 5 rings (SSSR count). The van der Waals surface area contributed by atoms with E-state index in [4.69, 9.17) is 4.74 Å². The number of ether oxygens (including phenoxy) is 1. The quantitative estimate of drug-likeness (QED) is 0.666. The third-order valence-electron chi connectivity index (χ3n) is 8.36. The molecule has 0 N–H and O–H groups in total. The first-order valence-corrected chi connectivity index (χ1v) is 10.6. The molecule has 3 aliphatic rings. The van der Waals surface area contributed by atoms with Gasteiger partial charge in [0.05, 0.1) is 13.2 Å². The Morgan fingerprint density at radius 2 is 1.56 bits per heavy atom. The van der Waals surface area contributed by atoms with Gasteiger partial charge in [-0.05, 0) is 32.3 Å². The van der Waals surface area contributed by atoms with E-state index in [1.807, 2.05) is 0 Å². The van der Waals surface area contributed by atoms with E-state index < -0.39 is 0 Å². The van der Waals surface area contributed by atoms with Crippen LogP contribution in [-0.2, 0) is 17.9 Å². The SMILES string of the molecule is C[C@@]12[C@H]3CC[C@@H]1[C@](C)(OCc1ccccc1)C[N@+]2(Cc1ccccc1)CC3. The van der Waals surface area contributed by atoms with Crippen LogP contribution in [0.2, 0.25) is 0 Å². The second kappa shape index (κ2) is 6.18. The van der Waals surface area contributed by atoms with E-state index in [2.05, 4.69) is 74.5 Å². The Hall–Kier alpha value is -1.64. The maximum absolute atomic E-state index is 6.76. The molecule has 2 nitrogen and oxygen atoms in total. The van der Waals surface area contributed by atoms with Gasteiger partial charge in [-0.3, -0.25) is 0 Å². The van der Waals surface area contributed by atoms with E-state index in [0.717, 1.165) is 25.6 Å². The van der Waals surface area contributed by atoms with E-state index in [9.17, 15) is 0 Å². The molecule has 0 radical (unpaired) electrons. The summed E-state index contributed by atoms with van der Waals surface area (Å²) in [5.41, 5.74) is 3.13. The summed E-state index contributed by atoms with van der Waals surface area (Å²) in [4.78, 5) is 0. The van der Waals surface area contributed by atoms with Crippen LogP contribution < -0.4 is 0 Å². The van der Waals surface area contributed by atoms with Crippen LogP contribution >= 0.6 is 0 Å². The smallest absolute Gasteiger partial charge is 0.123 e. The largest absolute Gasteiger partial charge is 0.364 e. The lowest BCUT2D eigenvalue weighted by Gasteiger charge is -2.43. The van der Waals surface area contributed by atoms with Crippen molar-refractivity contribution in [2.75, 3.05) is 13.1 Å². The summed E-state index contributed by atoms with van der Waals surface area (Å²) < 4.78 is 7.99. The first-order valence-electron chi connectivity index (χ1n) is 10.6. The van der Waals surface area contributed by atoms with E-state index in [1.54, 1.807) is 0 Å². The van der Waals surface area contributed by atoms with E-state index in [0.29, 0.717) is 11.5 Å². The van der Waals surface area contributed by atoms with Crippen LogP contribution in [0.25, 0.3) is 0 Å².